The Morgan fingerprint density at radius 3 is 1.81 bits per heavy atom. The summed E-state index contributed by atoms with van der Waals surface area (Å²) in [6.07, 6.45) is -7.30. The fraction of sp³-hybridized carbons (Fsp3) is 0.188. The Hall–Kier alpha value is -3.21. The molecule has 2 aliphatic heterocycles. The van der Waals surface area contributed by atoms with E-state index in [4.69, 9.17) is 10.2 Å². The van der Waals surface area contributed by atoms with E-state index in [2.05, 4.69) is 18.9 Å². The molecule has 0 bridgehead atoms. The first-order valence-electron chi connectivity index (χ1n) is 7.21. The standard InChI is InChI=1S/C8H4F2O4.C8H6F2O3/c9-8(10)13-5-2-1-4(7(11)12)3-6(5)14-8;9-8(10)12-6-2-1-5(4-11)3-7(6)13-8/h1-3H,(H,11,12);1-3,11H,4H2. The van der Waals surface area contributed by atoms with Crippen LogP contribution in [0.15, 0.2) is 36.4 Å². The lowest BCUT2D eigenvalue weighted by molar-refractivity contribution is -0.287. The number of halogens is 4. The maximum Gasteiger partial charge on any atom is 0.586 e. The molecule has 11 heteroatoms. The van der Waals surface area contributed by atoms with Crippen LogP contribution in [0.1, 0.15) is 15.9 Å². The second-order valence-electron chi connectivity index (χ2n) is 5.24. The molecule has 0 spiro atoms. The number of carboxylic acid groups (broad SMARTS) is 1. The highest BCUT2D eigenvalue weighted by Crippen LogP contribution is 2.42. The van der Waals surface area contributed by atoms with E-state index in [0.29, 0.717) is 5.56 Å². The van der Waals surface area contributed by atoms with Crippen molar-refractivity contribution in [2.75, 3.05) is 0 Å². The Balaban J connectivity index is 0.000000156. The maximum absolute atomic E-state index is 12.5. The second-order valence-corrected chi connectivity index (χ2v) is 5.24. The minimum Gasteiger partial charge on any atom is -0.478 e. The van der Waals surface area contributed by atoms with Gasteiger partial charge >= 0.3 is 18.6 Å². The number of fused-ring (bicyclic) bond motifs is 2. The Morgan fingerprint density at radius 2 is 1.30 bits per heavy atom. The molecule has 0 saturated carbocycles. The number of aliphatic hydroxyl groups excluding tert-OH is 1. The van der Waals surface area contributed by atoms with Gasteiger partial charge in [-0.2, -0.15) is 0 Å². The summed E-state index contributed by atoms with van der Waals surface area (Å²) in [6, 6.07) is 7.41. The summed E-state index contributed by atoms with van der Waals surface area (Å²) < 4.78 is 66.4. The molecule has 2 heterocycles. The zero-order chi connectivity index (χ0) is 19.8. The van der Waals surface area contributed by atoms with Crippen molar-refractivity contribution >= 4 is 5.97 Å². The van der Waals surface area contributed by atoms with Crippen molar-refractivity contribution in [1.29, 1.82) is 0 Å². The average molecular weight is 390 g/mol. The molecule has 0 aliphatic carbocycles. The Kier molecular flexibility index (Phi) is 4.47. The lowest BCUT2D eigenvalue weighted by atomic mass is 10.2. The van der Waals surface area contributed by atoms with Gasteiger partial charge in [0.05, 0.1) is 12.2 Å². The summed E-state index contributed by atoms with van der Waals surface area (Å²) in [5.41, 5.74) is 0.366. The summed E-state index contributed by atoms with van der Waals surface area (Å²) in [7, 11) is 0. The van der Waals surface area contributed by atoms with E-state index in [1.807, 2.05) is 0 Å². The van der Waals surface area contributed by atoms with Crippen LogP contribution in [-0.4, -0.2) is 28.8 Å². The van der Waals surface area contributed by atoms with E-state index in [-0.39, 0.29) is 35.2 Å². The van der Waals surface area contributed by atoms with Gasteiger partial charge in [-0.3, -0.25) is 0 Å². The van der Waals surface area contributed by atoms with E-state index in [0.717, 1.165) is 18.2 Å². The quantitative estimate of drug-likeness (QED) is 0.761. The van der Waals surface area contributed by atoms with Gasteiger partial charge in [-0.15, -0.1) is 17.6 Å². The molecule has 144 valence electrons. The number of hydrogen-bond acceptors (Lipinski definition) is 6. The van der Waals surface area contributed by atoms with Crippen molar-refractivity contribution in [2.45, 2.75) is 19.2 Å². The SMILES string of the molecule is O=C(O)c1ccc2c(c1)OC(F)(F)O2.OCc1ccc2c(c1)OC(F)(F)O2. The molecule has 2 N–H and O–H groups in total. The summed E-state index contributed by atoms with van der Waals surface area (Å²) in [5, 5.41) is 17.3. The van der Waals surface area contributed by atoms with E-state index in [1.165, 1.54) is 18.2 Å². The van der Waals surface area contributed by atoms with Crippen LogP contribution in [0.5, 0.6) is 23.0 Å². The van der Waals surface area contributed by atoms with Crippen LogP contribution in [0.2, 0.25) is 0 Å². The summed E-state index contributed by atoms with van der Waals surface area (Å²) in [6.45, 7) is -0.220. The first kappa shape index (κ1) is 18.6. The van der Waals surface area contributed by atoms with Crippen molar-refractivity contribution in [3.8, 4) is 23.0 Å². The number of hydrogen-bond donors (Lipinski definition) is 2. The Labute approximate surface area is 148 Å². The highest BCUT2D eigenvalue weighted by atomic mass is 19.3. The molecule has 7 nitrogen and oxygen atoms in total. The first-order chi connectivity index (χ1) is 12.6. The largest absolute Gasteiger partial charge is 0.586 e. The smallest absolute Gasteiger partial charge is 0.478 e. The Bertz CT molecular complexity index is 885. The van der Waals surface area contributed by atoms with Gasteiger partial charge in [0.2, 0.25) is 0 Å². The molecule has 4 rings (SSSR count). The number of alkyl halides is 4. The van der Waals surface area contributed by atoms with E-state index >= 15 is 0 Å². The third-order valence-electron chi connectivity index (χ3n) is 3.30. The number of ether oxygens (including phenoxy) is 4. The molecular weight excluding hydrogens is 380 g/mol. The number of carboxylic acids is 1. The number of aromatic carboxylic acids is 1. The molecule has 0 saturated heterocycles. The molecular formula is C16H10F4O7. The van der Waals surface area contributed by atoms with Gasteiger partial charge in [-0.25, -0.2) is 4.79 Å². The molecule has 0 atom stereocenters. The fourth-order valence-corrected chi connectivity index (χ4v) is 2.17. The molecule has 0 unspecified atom stereocenters. The van der Waals surface area contributed by atoms with Crippen molar-refractivity contribution < 1.29 is 51.5 Å². The van der Waals surface area contributed by atoms with Gasteiger partial charge in [0.1, 0.15) is 0 Å². The van der Waals surface area contributed by atoms with E-state index in [1.54, 1.807) is 0 Å². The van der Waals surface area contributed by atoms with Crippen LogP contribution >= 0.6 is 0 Å². The molecule has 0 aromatic heterocycles. The van der Waals surface area contributed by atoms with Gasteiger partial charge in [0.25, 0.3) is 0 Å². The second kappa shape index (κ2) is 6.50. The lowest BCUT2D eigenvalue weighted by Gasteiger charge is -2.04. The normalized spacial score (nSPS) is 17.1. The van der Waals surface area contributed by atoms with Crippen LogP contribution in [0.4, 0.5) is 17.6 Å². The molecule has 2 aromatic carbocycles. The minimum atomic E-state index is -3.71. The predicted molar refractivity (Wildman–Crippen MR) is 78.2 cm³/mol. The summed E-state index contributed by atoms with van der Waals surface area (Å²) >= 11 is 0. The highest BCUT2D eigenvalue weighted by Gasteiger charge is 2.44. The number of carbonyl (C=O) groups is 1. The molecule has 0 radical (unpaired) electrons. The molecule has 0 fully saturated rings. The predicted octanol–water partition coefficient (Wildman–Crippen LogP) is 3.21. The third kappa shape index (κ3) is 4.14. The van der Waals surface area contributed by atoms with Crippen molar-refractivity contribution in [3.63, 3.8) is 0 Å². The van der Waals surface area contributed by atoms with E-state index in [9.17, 15) is 22.4 Å². The van der Waals surface area contributed by atoms with E-state index < -0.39 is 18.6 Å². The monoisotopic (exact) mass is 390 g/mol. The zero-order valence-corrected chi connectivity index (χ0v) is 13.1. The van der Waals surface area contributed by atoms with Crippen LogP contribution in [0.25, 0.3) is 0 Å². The molecule has 0 amide bonds. The Morgan fingerprint density at radius 1 is 0.815 bits per heavy atom. The highest BCUT2D eigenvalue weighted by molar-refractivity contribution is 5.88. The van der Waals surface area contributed by atoms with Gasteiger partial charge in [0.15, 0.2) is 23.0 Å². The lowest BCUT2D eigenvalue weighted by Crippen LogP contribution is -2.25. The van der Waals surface area contributed by atoms with Gasteiger partial charge < -0.3 is 29.2 Å². The van der Waals surface area contributed by atoms with Gasteiger partial charge in [0, 0.05) is 0 Å². The minimum absolute atomic E-state index is 0.0119. The molecule has 2 aromatic rings. The van der Waals surface area contributed by atoms with Gasteiger partial charge in [-0.05, 0) is 35.9 Å². The van der Waals surface area contributed by atoms with Crippen molar-refractivity contribution in [3.05, 3.63) is 47.5 Å². The third-order valence-corrected chi connectivity index (χ3v) is 3.30. The van der Waals surface area contributed by atoms with Crippen LogP contribution < -0.4 is 18.9 Å². The van der Waals surface area contributed by atoms with Crippen molar-refractivity contribution in [1.82, 2.24) is 0 Å². The molecule has 27 heavy (non-hydrogen) atoms. The topological polar surface area (TPSA) is 94.5 Å². The first-order valence-corrected chi connectivity index (χ1v) is 7.21. The van der Waals surface area contributed by atoms with Crippen molar-refractivity contribution in [2.24, 2.45) is 0 Å². The van der Waals surface area contributed by atoms with Crippen LogP contribution in [0.3, 0.4) is 0 Å². The van der Waals surface area contributed by atoms with Crippen LogP contribution in [0, 0.1) is 0 Å². The zero-order valence-electron chi connectivity index (χ0n) is 13.1. The van der Waals surface area contributed by atoms with Gasteiger partial charge in [-0.1, -0.05) is 6.07 Å². The summed E-state index contributed by atoms with van der Waals surface area (Å²) in [4.78, 5) is 10.5. The molecule has 2 aliphatic rings. The number of rotatable bonds is 2. The fourth-order valence-electron chi connectivity index (χ4n) is 2.17. The number of aliphatic hydroxyl groups is 1. The maximum atomic E-state index is 12.5. The summed E-state index contributed by atoms with van der Waals surface area (Å²) in [5.74, 6) is -1.71. The number of benzene rings is 2. The average Bonchev–Trinajstić information content (AvgIpc) is 3.05. The van der Waals surface area contributed by atoms with Crippen LogP contribution in [-0.2, 0) is 6.61 Å².